The Bertz CT molecular complexity index is 1510. The number of aryl methyl sites for hydroxylation is 1. The second-order valence-corrected chi connectivity index (χ2v) is 9.53. The lowest BCUT2D eigenvalue weighted by molar-refractivity contribution is 0.0902. The van der Waals surface area contributed by atoms with Crippen molar-refractivity contribution in [2.75, 3.05) is 6.54 Å². The molecule has 0 radical (unpaired) electrons. The molecule has 0 aliphatic heterocycles. The van der Waals surface area contributed by atoms with Crippen LogP contribution in [0.5, 0.6) is 0 Å². The van der Waals surface area contributed by atoms with Crippen molar-refractivity contribution < 1.29 is 14.1 Å². The molecule has 36 heavy (non-hydrogen) atoms. The second kappa shape index (κ2) is 9.70. The number of pyridine rings is 1. The minimum atomic E-state index is -0.649. The molecule has 0 saturated heterocycles. The summed E-state index contributed by atoms with van der Waals surface area (Å²) < 4.78 is 7.20. The van der Waals surface area contributed by atoms with Crippen molar-refractivity contribution >= 4 is 33.5 Å². The molecule has 4 aromatic rings. The summed E-state index contributed by atoms with van der Waals surface area (Å²) in [5.74, 6) is 0.0403. The Kier molecular flexibility index (Phi) is 6.45. The molecule has 1 aliphatic rings. The highest BCUT2D eigenvalue weighted by atomic mass is 16.5. The summed E-state index contributed by atoms with van der Waals surface area (Å²) in [6.45, 7) is 4.05. The van der Waals surface area contributed by atoms with E-state index < -0.39 is 6.04 Å². The standard InChI is InChI=1S/C28H30N4O4/c1-3-30-27(34)20-13-8-14-21-23(20)25-22(16(2)36-31-25)28(35)32(21)19-12-7-11-18(15-19)24(29)26(33)17-9-5-4-6-10-17/h4-6,8-10,13-14,18-19,24H,3,7,11-12,15,29H2,1-2H3,(H,30,34). The third-order valence-electron chi connectivity index (χ3n) is 7.34. The number of ketones is 1. The van der Waals surface area contributed by atoms with Crippen LogP contribution in [0, 0.1) is 12.8 Å². The highest BCUT2D eigenvalue weighted by Crippen LogP contribution is 2.37. The van der Waals surface area contributed by atoms with Gasteiger partial charge in [0.2, 0.25) is 0 Å². The molecule has 8 heteroatoms. The van der Waals surface area contributed by atoms with Crippen molar-refractivity contribution in [2.45, 2.75) is 51.6 Å². The highest BCUT2D eigenvalue weighted by molar-refractivity contribution is 6.15. The normalized spacial score (nSPS) is 18.9. The molecule has 0 bridgehead atoms. The predicted octanol–water partition coefficient (Wildman–Crippen LogP) is 4.14. The number of amides is 1. The number of nitrogens with one attached hydrogen (secondary N) is 1. The van der Waals surface area contributed by atoms with E-state index in [4.69, 9.17) is 10.3 Å². The fraction of sp³-hybridized carbons (Fsp3) is 0.357. The van der Waals surface area contributed by atoms with Crippen LogP contribution in [0.2, 0.25) is 0 Å². The van der Waals surface area contributed by atoms with Gasteiger partial charge in [-0.15, -0.1) is 0 Å². The van der Waals surface area contributed by atoms with Crippen LogP contribution in [0.1, 0.15) is 65.1 Å². The average molecular weight is 487 g/mol. The number of rotatable bonds is 6. The summed E-state index contributed by atoms with van der Waals surface area (Å²) in [4.78, 5) is 39.8. The first kappa shape index (κ1) is 23.9. The number of fused-ring (bicyclic) bond motifs is 3. The minimum Gasteiger partial charge on any atom is -0.360 e. The first-order valence-corrected chi connectivity index (χ1v) is 12.5. The Balaban J connectivity index is 1.61. The molecule has 1 fully saturated rings. The molecule has 5 rings (SSSR count). The summed E-state index contributed by atoms with van der Waals surface area (Å²) in [5, 5.41) is 7.99. The van der Waals surface area contributed by atoms with Crippen LogP contribution < -0.4 is 16.6 Å². The molecule has 3 N–H and O–H groups in total. The summed E-state index contributed by atoms with van der Waals surface area (Å²) in [7, 11) is 0. The monoisotopic (exact) mass is 486 g/mol. The summed E-state index contributed by atoms with van der Waals surface area (Å²) >= 11 is 0. The van der Waals surface area contributed by atoms with E-state index in [1.54, 1.807) is 35.8 Å². The molecule has 186 valence electrons. The Labute approximate surface area is 208 Å². The van der Waals surface area contributed by atoms with Crippen LogP contribution in [-0.4, -0.2) is 34.0 Å². The van der Waals surface area contributed by atoms with Gasteiger partial charge in [-0.2, -0.15) is 0 Å². The SMILES string of the molecule is CCNC(=O)c1cccc2c1c1noc(C)c1c(=O)n2C1CCCC(C(N)C(=O)c2ccccc2)C1. The summed E-state index contributed by atoms with van der Waals surface area (Å²) in [6.07, 6.45) is 3.03. The van der Waals surface area contributed by atoms with Gasteiger partial charge in [0.25, 0.3) is 11.5 Å². The summed E-state index contributed by atoms with van der Waals surface area (Å²) in [6, 6.07) is 13.7. The van der Waals surface area contributed by atoms with Gasteiger partial charge in [-0.25, -0.2) is 0 Å². The first-order chi connectivity index (χ1) is 17.4. The van der Waals surface area contributed by atoms with E-state index >= 15 is 0 Å². The van der Waals surface area contributed by atoms with Gasteiger partial charge in [0.15, 0.2) is 5.78 Å². The van der Waals surface area contributed by atoms with Gasteiger partial charge in [-0.1, -0.05) is 48.0 Å². The number of nitrogens with zero attached hydrogens (tertiary/aromatic N) is 2. The summed E-state index contributed by atoms with van der Waals surface area (Å²) in [5.41, 5.74) is 8.38. The van der Waals surface area contributed by atoms with Crippen molar-refractivity contribution in [2.24, 2.45) is 11.7 Å². The maximum absolute atomic E-state index is 13.8. The number of Topliss-reactive ketones (excluding diaryl/α,β-unsaturated/α-hetero) is 1. The van der Waals surface area contributed by atoms with Crippen molar-refractivity contribution in [1.29, 1.82) is 0 Å². The molecule has 3 unspecified atom stereocenters. The minimum absolute atomic E-state index is 0.0655. The van der Waals surface area contributed by atoms with E-state index in [0.29, 0.717) is 51.7 Å². The molecule has 2 aromatic heterocycles. The van der Waals surface area contributed by atoms with Gasteiger partial charge >= 0.3 is 0 Å². The van der Waals surface area contributed by atoms with Gasteiger partial charge in [0, 0.05) is 23.5 Å². The molecular weight excluding hydrogens is 456 g/mol. The number of aromatic nitrogens is 2. The fourth-order valence-electron chi connectivity index (χ4n) is 5.59. The zero-order valence-electron chi connectivity index (χ0n) is 20.5. The van der Waals surface area contributed by atoms with Crippen LogP contribution in [0.3, 0.4) is 0 Å². The van der Waals surface area contributed by atoms with E-state index in [1.807, 2.05) is 31.2 Å². The second-order valence-electron chi connectivity index (χ2n) is 9.53. The molecular formula is C28H30N4O4. The number of nitrogens with two attached hydrogens (primary N) is 1. The van der Waals surface area contributed by atoms with Crippen molar-refractivity contribution in [3.05, 3.63) is 75.8 Å². The zero-order chi connectivity index (χ0) is 25.4. The van der Waals surface area contributed by atoms with Gasteiger partial charge in [-0.3, -0.25) is 14.4 Å². The molecule has 2 heterocycles. The van der Waals surface area contributed by atoms with Crippen LogP contribution in [-0.2, 0) is 0 Å². The predicted molar refractivity (Wildman–Crippen MR) is 138 cm³/mol. The fourth-order valence-corrected chi connectivity index (χ4v) is 5.59. The first-order valence-electron chi connectivity index (χ1n) is 12.5. The molecule has 3 atom stereocenters. The Morgan fingerprint density at radius 2 is 1.92 bits per heavy atom. The molecule has 8 nitrogen and oxygen atoms in total. The third-order valence-corrected chi connectivity index (χ3v) is 7.34. The van der Waals surface area contributed by atoms with Crippen LogP contribution in [0.25, 0.3) is 21.8 Å². The maximum Gasteiger partial charge on any atom is 0.264 e. The lowest BCUT2D eigenvalue weighted by Crippen LogP contribution is -2.41. The van der Waals surface area contributed by atoms with E-state index in [0.717, 1.165) is 19.3 Å². The third kappa shape index (κ3) is 4.01. The van der Waals surface area contributed by atoms with Gasteiger partial charge in [0.1, 0.15) is 16.7 Å². The number of hydrogen-bond donors (Lipinski definition) is 2. The number of carbonyl (C=O) groups is 2. The molecule has 1 amide bonds. The molecule has 0 spiro atoms. The van der Waals surface area contributed by atoms with Crippen LogP contribution in [0.15, 0.2) is 57.8 Å². The number of hydrogen-bond acceptors (Lipinski definition) is 6. The quantitative estimate of drug-likeness (QED) is 0.395. The van der Waals surface area contributed by atoms with E-state index in [1.165, 1.54) is 0 Å². The van der Waals surface area contributed by atoms with Crippen molar-refractivity contribution in [3.63, 3.8) is 0 Å². The number of benzene rings is 2. The average Bonchev–Trinajstić information content (AvgIpc) is 3.30. The Morgan fingerprint density at radius 3 is 2.67 bits per heavy atom. The van der Waals surface area contributed by atoms with Gasteiger partial charge in [-0.05, 0) is 51.2 Å². The Morgan fingerprint density at radius 1 is 1.14 bits per heavy atom. The lowest BCUT2D eigenvalue weighted by Gasteiger charge is -2.34. The molecule has 1 saturated carbocycles. The lowest BCUT2D eigenvalue weighted by atomic mass is 9.79. The van der Waals surface area contributed by atoms with Crippen LogP contribution in [0.4, 0.5) is 0 Å². The number of carbonyl (C=O) groups excluding carboxylic acids is 2. The smallest absolute Gasteiger partial charge is 0.264 e. The molecule has 2 aromatic carbocycles. The van der Waals surface area contributed by atoms with E-state index in [9.17, 15) is 14.4 Å². The Hall–Kier alpha value is -3.78. The van der Waals surface area contributed by atoms with Gasteiger partial charge < -0.3 is 20.1 Å². The maximum atomic E-state index is 13.8. The van der Waals surface area contributed by atoms with Crippen LogP contribution >= 0.6 is 0 Å². The zero-order valence-corrected chi connectivity index (χ0v) is 20.5. The topological polar surface area (TPSA) is 120 Å². The van der Waals surface area contributed by atoms with Crippen molar-refractivity contribution in [1.82, 2.24) is 15.0 Å². The van der Waals surface area contributed by atoms with Crippen molar-refractivity contribution in [3.8, 4) is 0 Å². The van der Waals surface area contributed by atoms with E-state index in [-0.39, 0.29) is 29.2 Å². The van der Waals surface area contributed by atoms with Gasteiger partial charge in [0.05, 0.1) is 17.1 Å². The van der Waals surface area contributed by atoms with E-state index in [2.05, 4.69) is 10.5 Å². The highest BCUT2D eigenvalue weighted by Gasteiger charge is 2.33. The molecule has 1 aliphatic carbocycles. The largest absolute Gasteiger partial charge is 0.360 e.